The van der Waals surface area contributed by atoms with Crippen LogP contribution in [-0.2, 0) is 16.6 Å². The van der Waals surface area contributed by atoms with Crippen LogP contribution >= 0.6 is 0 Å². The summed E-state index contributed by atoms with van der Waals surface area (Å²) < 4.78 is 32.4. The zero-order chi connectivity index (χ0) is 14.2. The largest absolute Gasteiger partial charge is 0.464 e. The van der Waals surface area contributed by atoms with E-state index >= 15 is 0 Å². The van der Waals surface area contributed by atoms with E-state index in [1.165, 1.54) is 0 Å². The molecule has 6 heteroatoms. The molecule has 0 radical (unpaired) electrons. The van der Waals surface area contributed by atoms with Crippen molar-refractivity contribution in [2.24, 2.45) is 11.7 Å². The lowest BCUT2D eigenvalue weighted by atomic mass is 10.0. The molecule has 108 valence electrons. The molecular weight excluding hydrogens is 264 g/mol. The monoisotopic (exact) mass is 286 g/mol. The molecule has 2 heterocycles. The second-order valence-corrected chi connectivity index (χ2v) is 7.27. The van der Waals surface area contributed by atoms with Crippen LogP contribution < -0.4 is 5.73 Å². The van der Waals surface area contributed by atoms with Gasteiger partial charge in [0.05, 0.1) is 6.54 Å². The Kier molecular flexibility index (Phi) is 4.03. The zero-order valence-corrected chi connectivity index (χ0v) is 12.5. The number of hydrogen-bond acceptors (Lipinski definition) is 4. The lowest BCUT2D eigenvalue weighted by Crippen LogP contribution is -2.38. The van der Waals surface area contributed by atoms with E-state index in [-0.39, 0.29) is 17.5 Å². The van der Waals surface area contributed by atoms with Gasteiger partial charge in [0.2, 0.25) is 10.0 Å². The van der Waals surface area contributed by atoms with Gasteiger partial charge in [0.25, 0.3) is 0 Å². The topological polar surface area (TPSA) is 76.5 Å². The first-order valence-electron chi connectivity index (χ1n) is 6.69. The molecule has 2 N–H and O–H groups in total. The molecule has 1 aromatic rings. The fourth-order valence-corrected chi connectivity index (χ4v) is 4.75. The summed E-state index contributed by atoms with van der Waals surface area (Å²) in [6.07, 6.45) is 1.85. The minimum Gasteiger partial charge on any atom is -0.464 e. The highest BCUT2D eigenvalue weighted by molar-refractivity contribution is 7.89. The Bertz CT molecular complexity index is 548. The predicted molar refractivity (Wildman–Crippen MR) is 73.1 cm³/mol. The van der Waals surface area contributed by atoms with Gasteiger partial charge in [-0.25, -0.2) is 8.42 Å². The Morgan fingerprint density at radius 3 is 2.74 bits per heavy atom. The zero-order valence-electron chi connectivity index (χ0n) is 11.7. The standard InChI is InChI=1S/C13H22N2O3S/c1-9(2)12-5-4-6-15(12)19(16,17)13-7-11(8-14)18-10(13)3/h7,9,12H,4-6,8,14H2,1-3H3. The van der Waals surface area contributed by atoms with Gasteiger partial charge in [0.1, 0.15) is 16.4 Å². The van der Waals surface area contributed by atoms with Crippen LogP contribution in [0.5, 0.6) is 0 Å². The quantitative estimate of drug-likeness (QED) is 0.916. The van der Waals surface area contributed by atoms with E-state index in [0.29, 0.717) is 24.0 Å². The van der Waals surface area contributed by atoms with Crippen molar-refractivity contribution < 1.29 is 12.8 Å². The normalized spacial score (nSPS) is 21.4. The highest BCUT2D eigenvalue weighted by Crippen LogP contribution is 2.32. The second kappa shape index (κ2) is 5.26. The molecule has 1 atom stereocenters. The van der Waals surface area contributed by atoms with Crippen molar-refractivity contribution in [3.05, 3.63) is 17.6 Å². The van der Waals surface area contributed by atoms with E-state index in [4.69, 9.17) is 10.2 Å². The van der Waals surface area contributed by atoms with E-state index in [2.05, 4.69) is 13.8 Å². The molecule has 1 saturated heterocycles. The number of furan rings is 1. The number of nitrogens with two attached hydrogens (primary N) is 1. The molecule has 1 aliphatic heterocycles. The summed E-state index contributed by atoms with van der Waals surface area (Å²) in [5.74, 6) is 1.25. The van der Waals surface area contributed by atoms with Gasteiger partial charge in [-0.1, -0.05) is 13.8 Å². The van der Waals surface area contributed by atoms with Gasteiger partial charge in [-0.15, -0.1) is 0 Å². The Morgan fingerprint density at radius 1 is 1.53 bits per heavy atom. The maximum atomic E-state index is 12.7. The summed E-state index contributed by atoms with van der Waals surface area (Å²) in [4.78, 5) is 0.264. The molecule has 0 spiro atoms. The average molecular weight is 286 g/mol. The van der Waals surface area contributed by atoms with Crippen molar-refractivity contribution in [2.75, 3.05) is 6.54 Å². The lowest BCUT2D eigenvalue weighted by Gasteiger charge is -2.26. The molecule has 19 heavy (non-hydrogen) atoms. The van der Waals surface area contributed by atoms with Crippen molar-refractivity contribution >= 4 is 10.0 Å². The highest BCUT2D eigenvalue weighted by atomic mass is 32.2. The number of nitrogens with zero attached hydrogens (tertiary/aromatic N) is 1. The number of sulfonamides is 1. The number of aryl methyl sites for hydroxylation is 1. The third-order valence-corrected chi connectivity index (χ3v) is 5.76. The van der Waals surface area contributed by atoms with Crippen molar-refractivity contribution in [1.82, 2.24) is 4.31 Å². The van der Waals surface area contributed by atoms with Crippen LogP contribution in [0, 0.1) is 12.8 Å². The molecule has 5 nitrogen and oxygen atoms in total. The summed E-state index contributed by atoms with van der Waals surface area (Å²) in [6, 6.07) is 1.64. The Morgan fingerprint density at radius 2 is 2.21 bits per heavy atom. The van der Waals surface area contributed by atoms with Crippen LogP contribution in [0.3, 0.4) is 0 Å². The lowest BCUT2D eigenvalue weighted by molar-refractivity contribution is 0.315. The maximum Gasteiger partial charge on any atom is 0.246 e. The summed E-state index contributed by atoms with van der Waals surface area (Å²) in [7, 11) is -3.47. The molecule has 2 rings (SSSR count). The van der Waals surface area contributed by atoms with Gasteiger partial charge in [-0.3, -0.25) is 0 Å². The molecule has 0 aliphatic carbocycles. The third-order valence-electron chi connectivity index (χ3n) is 3.73. The first kappa shape index (κ1) is 14.6. The fourth-order valence-electron chi connectivity index (χ4n) is 2.74. The van der Waals surface area contributed by atoms with Crippen molar-refractivity contribution in [2.45, 2.75) is 51.1 Å². The van der Waals surface area contributed by atoms with Crippen molar-refractivity contribution in [1.29, 1.82) is 0 Å². The van der Waals surface area contributed by atoms with Crippen LogP contribution in [0.15, 0.2) is 15.4 Å². The van der Waals surface area contributed by atoms with Crippen molar-refractivity contribution in [3.8, 4) is 0 Å². The summed E-state index contributed by atoms with van der Waals surface area (Å²) in [5, 5.41) is 0. The molecule has 0 saturated carbocycles. The molecule has 0 bridgehead atoms. The van der Waals surface area contributed by atoms with Crippen LogP contribution in [0.4, 0.5) is 0 Å². The Hall–Kier alpha value is -0.850. The SMILES string of the molecule is Cc1oc(CN)cc1S(=O)(=O)N1CCCC1C(C)C. The first-order valence-corrected chi connectivity index (χ1v) is 8.13. The minimum absolute atomic E-state index is 0.0839. The van der Waals surface area contributed by atoms with Gasteiger partial charge in [-0.05, 0) is 25.7 Å². The maximum absolute atomic E-state index is 12.7. The summed E-state index contributed by atoms with van der Waals surface area (Å²) >= 11 is 0. The predicted octanol–water partition coefficient (Wildman–Crippen LogP) is 1.86. The highest BCUT2D eigenvalue weighted by Gasteiger charge is 2.38. The van der Waals surface area contributed by atoms with Crippen LogP contribution in [0.2, 0.25) is 0 Å². The molecular formula is C13H22N2O3S. The number of rotatable bonds is 4. The number of hydrogen-bond donors (Lipinski definition) is 1. The van der Waals surface area contributed by atoms with Gasteiger partial charge in [0, 0.05) is 18.7 Å². The molecule has 1 unspecified atom stereocenters. The van der Waals surface area contributed by atoms with Gasteiger partial charge in [-0.2, -0.15) is 4.31 Å². The third kappa shape index (κ3) is 2.57. The second-order valence-electron chi connectivity index (χ2n) is 5.41. The molecule has 1 aromatic heterocycles. The Balaban J connectivity index is 2.39. The van der Waals surface area contributed by atoms with Crippen LogP contribution in [-0.4, -0.2) is 25.3 Å². The Labute approximate surface area is 114 Å². The van der Waals surface area contributed by atoms with E-state index in [1.807, 2.05) is 0 Å². The van der Waals surface area contributed by atoms with E-state index < -0.39 is 10.0 Å². The fraction of sp³-hybridized carbons (Fsp3) is 0.692. The van der Waals surface area contributed by atoms with Gasteiger partial charge >= 0.3 is 0 Å². The van der Waals surface area contributed by atoms with E-state index in [1.54, 1.807) is 17.3 Å². The molecule has 1 fully saturated rings. The van der Waals surface area contributed by atoms with Crippen LogP contribution in [0.1, 0.15) is 38.2 Å². The van der Waals surface area contributed by atoms with Crippen molar-refractivity contribution in [3.63, 3.8) is 0 Å². The van der Waals surface area contributed by atoms with Gasteiger partial charge in [0.15, 0.2) is 0 Å². The van der Waals surface area contributed by atoms with Crippen LogP contribution in [0.25, 0.3) is 0 Å². The molecule has 0 aromatic carbocycles. The average Bonchev–Trinajstić information content (AvgIpc) is 2.94. The summed E-state index contributed by atoms with van der Waals surface area (Å²) in [6.45, 7) is 6.60. The first-order chi connectivity index (χ1) is 8.87. The molecule has 0 amide bonds. The van der Waals surface area contributed by atoms with E-state index in [0.717, 1.165) is 12.8 Å². The van der Waals surface area contributed by atoms with Gasteiger partial charge < -0.3 is 10.2 Å². The smallest absolute Gasteiger partial charge is 0.246 e. The minimum atomic E-state index is -3.47. The summed E-state index contributed by atoms with van der Waals surface area (Å²) in [5.41, 5.74) is 5.50. The molecule has 1 aliphatic rings. The van der Waals surface area contributed by atoms with E-state index in [9.17, 15) is 8.42 Å².